The van der Waals surface area contributed by atoms with E-state index in [2.05, 4.69) is 49.2 Å². The summed E-state index contributed by atoms with van der Waals surface area (Å²) < 4.78 is 7.68. The molecule has 4 aromatic rings. The average molecular weight is 505 g/mol. The van der Waals surface area contributed by atoms with Crippen LogP contribution >= 0.6 is 11.6 Å². The second-order valence-electron chi connectivity index (χ2n) is 9.16. The molecular formula is C26H29ClN8O. The number of anilines is 1. The van der Waals surface area contributed by atoms with Crippen molar-refractivity contribution in [3.63, 3.8) is 0 Å². The molecule has 186 valence electrons. The Hall–Kier alpha value is -3.45. The van der Waals surface area contributed by atoms with Gasteiger partial charge in [0.2, 0.25) is 0 Å². The summed E-state index contributed by atoms with van der Waals surface area (Å²) in [7, 11) is 0. The molecule has 3 N–H and O–H groups in total. The second-order valence-corrected chi connectivity index (χ2v) is 9.60. The zero-order valence-corrected chi connectivity index (χ0v) is 20.8. The molecule has 0 unspecified atom stereocenters. The van der Waals surface area contributed by atoms with Crippen LogP contribution in [0.1, 0.15) is 36.8 Å². The van der Waals surface area contributed by atoms with E-state index in [-0.39, 0.29) is 5.41 Å². The molecule has 36 heavy (non-hydrogen) atoms. The fraction of sp³-hybridized carbons (Fsp3) is 0.385. The van der Waals surface area contributed by atoms with Crippen LogP contribution in [0.5, 0.6) is 0 Å². The lowest BCUT2D eigenvalue weighted by atomic mass is 9.96. The van der Waals surface area contributed by atoms with E-state index >= 15 is 0 Å². The first-order valence-corrected chi connectivity index (χ1v) is 12.6. The molecule has 9 nitrogen and oxygen atoms in total. The first kappa shape index (κ1) is 24.3. The largest absolute Gasteiger partial charge is 0.382 e. The molecule has 1 aliphatic rings. The summed E-state index contributed by atoms with van der Waals surface area (Å²) in [5.41, 5.74) is 4.76. The third-order valence-corrected chi connectivity index (χ3v) is 6.74. The van der Waals surface area contributed by atoms with Crippen molar-refractivity contribution >= 4 is 28.2 Å². The van der Waals surface area contributed by atoms with E-state index in [0.717, 1.165) is 78.8 Å². The van der Waals surface area contributed by atoms with Gasteiger partial charge in [0.05, 0.1) is 35.5 Å². The number of halogens is 1. The molecule has 0 spiro atoms. The van der Waals surface area contributed by atoms with Gasteiger partial charge in [0.1, 0.15) is 12.7 Å². The quantitative estimate of drug-likeness (QED) is 0.232. The number of nitrogens with zero attached hydrogens (tertiary/aromatic N) is 5. The topological polar surface area (TPSA) is 116 Å². The van der Waals surface area contributed by atoms with E-state index in [1.807, 2.05) is 29.0 Å². The molecule has 1 fully saturated rings. The lowest BCUT2D eigenvalue weighted by Gasteiger charge is -2.12. The van der Waals surface area contributed by atoms with E-state index in [4.69, 9.17) is 16.3 Å². The number of hydrogen-bond donors (Lipinski definition) is 3. The van der Waals surface area contributed by atoms with E-state index in [1.54, 1.807) is 12.7 Å². The minimum Gasteiger partial charge on any atom is -0.382 e. The number of H-pyrrole nitrogens is 1. The van der Waals surface area contributed by atoms with Crippen LogP contribution in [-0.4, -0.2) is 51.3 Å². The van der Waals surface area contributed by atoms with Gasteiger partial charge >= 0.3 is 0 Å². The van der Waals surface area contributed by atoms with Crippen LogP contribution in [0.15, 0.2) is 49.2 Å². The SMILES string of the molecule is N#CC1(c2cc(Cl)cc(CNCCCCOCCNc3cc(-n4cnnc4)cc4[nH]ncc34)c2)CC1. The maximum absolute atomic E-state index is 9.45. The summed E-state index contributed by atoms with van der Waals surface area (Å²) in [6.07, 6.45) is 9.03. The Morgan fingerprint density at radius 3 is 2.75 bits per heavy atom. The van der Waals surface area contributed by atoms with Crippen molar-refractivity contribution in [3.8, 4) is 11.8 Å². The minimum absolute atomic E-state index is 0.309. The van der Waals surface area contributed by atoms with Crippen molar-refractivity contribution in [2.75, 3.05) is 31.6 Å². The molecule has 2 heterocycles. The molecule has 2 aromatic heterocycles. The van der Waals surface area contributed by atoms with Crippen molar-refractivity contribution in [1.82, 2.24) is 30.3 Å². The number of aromatic amines is 1. The zero-order chi connectivity index (χ0) is 24.8. The lowest BCUT2D eigenvalue weighted by molar-refractivity contribution is 0.140. The molecule has 0 bridgehead atoms. The smallest absolute Gasteiger partial charge is 0.123 e. The van der Waals surface area contributed by atoms with Crippen LogP contribution in [0, 0.1) is 11.3 Å². The number of ether oxygens (including phenoxy) is 1. The molecule has 5 rings (SSSR count). The van der Waals surface area contributed by atoms with Crippen molar-refractivity contribution in [1.29, 1.82) is 5.26 Å². The highest BCUT2D eigenvalue weighted by molar-refractivity contribution is 6.30. The predicted molar refractivity (Wildman–Crippen MR) is 139 cm³/mol. The molecule has 0 atom stereocenters. The molecule has 2 aromatic carbocycles. The van der Waals surface area contributed by atoms with Crippen LogP contribution in [0.25, 0.3) is 16.6 Å². The van der Waals surface area contributed by atoms with Crippen molar-refractivity contribution in [2.45, 2.75) is 37.6 Å². The molecular weight excluding hydrogens is 476 g/mol. The van der Waals surface area contributed by atoms with Gasteiger partial charge in [0, 0.05) is 35.8 Å². The average Bonchev–Trinajstić information content (AvgIpc) is 3.25. The van der Waals surface area contributed by atoms with Gasteiger partial charge in [-0.15, -0.1) is 10.2 Å². The first-order valence-electron chi connectivity index (χ1n) is 12.2. The standard InChI is InChI=1S/C26H29ClN8O/c27-21-10-19(9-20(11-21)26(16-28)3-4-26)14-29-5-1-2-7-36-8-6-30-24-12-22(35-17-32-33-18-35)13-25-23(24)15-31-34-25/h9-13,15,17-18,29-30H,1-8,14H2,(H,31,34). The van der Waals surface area contributed by atoms with Gasteiger partial charge in [-0.3, -0.25) is 9.67 Å². The maximum atomic E-state index is 9.45. The first-order chi connectivity index (χ1) is 17.7. The summed E-state index contributed by atoms with van der Waals surface area (Å²) in [4.78, 5) is 0. The third-order valence-electron chi connectivity index (χ3n) is 6.52. The molecule has 1 saturated carbocycles. The lowest BCUT2D eigenvalue weighted by Crippen LogP contribution is -2.16. The van der Waals surface area contributed by atoms with E-state index < -0.39 is 0 Å². The maximum Gasteiger partial charge on any atom is 0.123 e. The van der Waals surface area contributed by atoms with Gasteiger partial charge in [0.25, 0.3) is 0 Å². The molecule has 10 heteroatoms. The summed E-state index contributed by atoms with van der Waals surface area (Å²) in [6, 6.07) is 12.5. The number of unbranched alkanes of at least 4 members (excludes halogenated alkanes) is 1. The van der Waals surface area contributed by atoms with Gasteiger partial charge in [-0.05, 0) is 67.6 Å². The zero-order valence-electron chi connectivity index (χ0n) is 20.0. The van der Waals surface area contributed by atoms with E-state index in [1.165, 1.54) is 0 Å². The summed E-state index contributed by atoms with van der Waals surface area (Å²) >= 11 is 6.29. The molecule has 0 amide bonds. The van der Waals surface area contributed by atoms with Gasteiger partial charge < -0.3 is 15.4 Å². The number of nitrogens with one attached hydrogen (secondary N) is 3. The van der Waals surface area contributed by atoms with Gasteiger partial charge in [0.15, 0.2) is 0 Å². The summed E-state index contributed by atoms with van der Waals surface area (Å²) in [5, 5.41) is 33.0. The molecule has 0 saturated heterocycles. The number of fused-ring (bicyclic) bond motifs is 1. The number of hydrogen-bond acceptors (Lipinski definition) is 7. The Bertz CT molecular complexity index is 1340. The highest BCUT2D eigenvalue weighted by Crippen LogP contribution is 2.48. The van der Waals surface area contributed by atoms with Crippen LogP contribution in [0.2, 0.25) is 5.02 Å². The van der Waals surface area contributed by atoms with Crippen LogP contribution in [0.4, 0.5) is 5.69 Å². The summed E-state index contributed by atoms with van der Waals surface area (Å²) in [5.74, 6) is 0. The van der Waals surface area contributed by atoms with Gasteiger partial charge in [-0.25, -0.2) is 0 Å². The second kappa shape index (κ2) is 11.1. The summed E-state index contributed by atoms with van der Waals surface area (Å²) in [6.45, 7) is 3.69. The van der Waals surface area contributed by atoms with E-state index in [0.29, 0.717) is 18.2 Å². The Kier molecular flexibility index (Phi) is 7.47. The van der Waals surface area contributed by atoms with Crippen LogP contribution in [-0.2, 0) is 16.7 Å². The molecule has 0 aliphatic heterocycles. The molecule has 0 radical (unpaired) electrons. The monoisotopic (exact) mass is 504 g/mol. The Morgan fingerprint density at radius 2 is 1.94 bits per heavy atom. The normalized spacial score (nSPS) is 14.1. The third kappa shape index (κ3) is 5.68. The number of benzene rings is 2. The minimum atomic E-state index is -0.309. The number of aromatic nitrogens is 5. The van der Waals surface area contributed by atoms with Gasteiger partial charge in [-0.2, -0.15) is 10.4 Å². The van der Waals surface area contributed by atoms with Crippen molar-refractivity contribution in [3.05, 3.63) is 65.3 Å². The fourth-order valence-corrected chi connectivity index (χ4v) is 4.59. The fourth-order valence-electron chi connectivity index (χ4n) is 4.33. The molecule has 1 aliphatic carbocycles. The van der Waals surface area contributed by atoms with Crippen LogP contribution in [0.3, 0.4) is 0 Å². The highest BCUT2D eigenvalue weighted by Gasteiger charge is 2.45. The van der Waals surface area contributed by atoms with Gasteiger partial charge in [-0.1, -0.05) is 17.7 Å². The highest BCUT2D eigenvalue weighted by atomic mass is 35.5. The Morgan fingerprint density at radius 1 is 1.08 bits per heavy atom. The number of rotatable bonds is 13. The van der Waals surface area contributed by atoms with Crippen LogP contribution < -0.4 is 10.6 Å². The van der Waals surface area contributed by atoms with E-state index in [9.17, 15) is 5.26 Å². The number of nitriles is 1. The van der Waals surface area contributed by atoms with Crippen molar-refractivity contribution < 1.29 is 4.74 Å². The predicted octanol–water partition coefficient (Wildman–Crippen LogP) is 4.35. The Balaban J connectivity index is 0.988. The Labute approximate surface area is 214 Å². The van der Waals surface area contributed by atoms with Crippen molar-refractivity contribution in [2.24, 2.45) is 0 Å².